The lowest BCUT2D eigenvalue weighted by molar-refractivity contribution is 0.588. The first kappa shape index (κ1) is 15.1. The molecule has 3 heterocycles. The lowest BCUT2D eigenvalue weighted by Gasteiger charge is -2.10. The Morgan fingerprint density at radius 3 is 2.95 bits per heavy atom. The van der Waals surface area contributed by atoms with Gasteiger partial charge in [-0.1, -0.05) is 6.92 Å². The van der Waals surface area contributed by atoms with Crippen LogP contribution >= 0.6 is 23.1 Å². The van der Waals surface area contributed by atoms with E-state index in [-0.39, 0.29) is 6.04 Å². The molecule has 114 valence electrons. The maximum atomic E-state index is 6.48. The second-order valence-electron chi connectivity index (χ2n) is 5.51. The molecule has 0 fully saturated rings. The Bertz CT molecular complexity index is 592. The van der Waals surface area contributed by atoms with Crippen LogP contribution in [0.4, 0.5) is 0 Å². The monoisotopic (exact) mass is 321 g/mol. The average molecular weight is 322 g/mol. The molecule has 1 aliphatic heterocycles. The minimum absolute atomic E-state index is 0.0947. The molecule has 2 aromatic heterocycles. The molecule has 0 aliphatic carbocycles. The lowest BCUT2D eigenvalue weighted by atomic mass is 10.1. The smallest absolute Gasteiger partial charge is 0.0624 e. The molecule has 1 atom stereocenters. The van der Waals surface area contributed by atoms with E-state index in [4.69, 9.17) is 5.73 Å². The Kier molecular flexibility index (Phi) is 4.72. The predicted octanol–water partition coefficient (Wildman–Crippen LogP) is 3.56. The van der Waals surface area contributed by atoms with Crippen molar-refractivity contribution >= 4 is 23.1 Å². The number of thioether (sulfide) groups is 1. The number of hydrogen-bond acceptors (Lipinski definition) is 4. The van der Waals surface area contributed by atoms with E-state index in [0.29, 0.717) is 0 Å². The van der Waals surface area contributed by atoms with Crippen molar-refractivity contribution in [1.29, 1.82) is 0 Å². The van der Waals surface area contributed by atoms with Gasteiger partial charge in [-0.15, -0.1) is 11.3 Å². The first-order valence-corrected chi connectivity index (χ1v) is 9.68. The standard InChI is InChI=1S/C16H23N3S2/c1-3-12-8-13(19(4-2)18-12)9-14(17)16-7-11-10-20-6-5-15(11)21-16/h7-8,14H,3-6,9-10,17H2,1-2H3. The van der Waals surface area contributed by atoms with Crippen molar-refractivity contribution in [2.24, 2.45) is 5.73 Å². The van der Waals surface area contributed by atoms with Crippen LogP contribution in [0.3, 0.4) is 0 Å². The molecule has 0 radical (unpaired) electrons. The molecule has 0 saturated carbocycles. The summed E-state index contributed by atoms with van der Waals surface area (Å²) < 4.78 is 2.10. The van der Waals surface area contributed by atoms with Gasteiger partial charge in [0.25, 0.3) is 0 Å². The molecular formula is C16H23N3S2. The lowest BCUT2D eigenvalue weighted by Crippen LogP contribution is -2.15. The maximum Gasteiger partial charge on any atom is 0.0624 e. The van der Waals surface area contributed by atoms with Crippen LogP contribution in [0.2, 0.25) is 0 Å². The highest BCUT2D eigenvalue weighted by molar-refractivity contribution is 7.98. The van der Waals surface area contributed by atoms with E-state index in [1.54, 1.807) is 4.88 Å². The fourth-order valence-electron chi connectivity index (χ4n) is 2.80. The second kappa shape index (κ2) is 6.55. The van der Waals surface area contributed by atoms with E-state index in [1.807, 2.05) is 23.1 Å². The highest BCUT2D eigenvalue weighted by Crippen LogP contribution is 2.34. The van der Waals surface area contributed by atoms with E-state index in [0.717, 1.165) is 25.1 Å². The van der Waals surface area contributed by atoms with Crippen molar-refractivity contribution in [3.8, 4) is 0 Å². The van der Waals surface area contributed by atoms with Crippen LogP contribution in [0.1, 0.15) is 46.6 Å². The number of aromatic nitrogens is 2. The van der Waals surface area contributed by atoms with Crippen LogP contribution in [-0.4, -0.2) is 15.5 Å². The van der Waals surface area contributed by atoms with Gasteiger partial charge in [-0.25, -0.2) is 0 Å². The van der Waals surface area contributed by atoms with Gasteiger partial charge in [-0.05, 0) is 43.2 Å². The largest absolute Gasteiger partial charge is 0.323 e. The summed E-state index contributed by atoms with van der Waals surface area (Å²) in [5.41, 5.74) is 10.4. The van der Waals surface area contributed by atoms with Gasteiger partial charge in [0.1, 0.15) is 0 Å². The normalized spacial score (nSPS) is 16.0. The van der Waals surface area contributed by atoms with Gasteiger partial charge in [0.2, 0.25) is 0 Å². The van der Waals surface area contributed by atoms with Crippen LogP contribution < -0.4 is 5.73 Å². The molecule has 5 heteroatoms. The van der Waals surface area contributed by atoms with Crippen molar-refractivity contribution < 1.29 is 0 Å². The van der Waals surface area contributed by atoms with E-state index < -0.39 is 0 Å². The summed E-state index contributed by atoms with van der Waals surface area (Å²) in [6.07, 6.45) is 3.08. The number of nitrogens with zero attached hydrogens (tertiary/aromatic N) is 2. The van der Waals surface area contributed by atoms with Gasteiger partial charge in [-0.3, -0.25) is 4.68 Å². The van der Waals surface area contributed by atoms with Gasteiger partial charge in [0, 0.05) is 40.2 Å². The van der Waals surface area contributed by atoms with Gasteiger partial charge in [-0.2, -0.15) is 16.9 Å². The molecule has 0 amide bonds. The maximum absolute atomic E-state index is 6.48. The van der Waals surface area contributed by atoms with Gasteiger partial charge < -0.3 is 5.73 Å². The summed E-state index contributed by atoms with van der Waals surface area (Å²) >= 11 is 3.95. The first-order chi connectivity index (χ1) is 10.2. The zero-order chi connectivity index (χ0) is 14.8. The predicted molar refractivity (Wildman–Crippen MR) is 92.1 cm³/mol. The van der Waals surface area contributed by atoms with Crippen LogP contribution in [0, 0.1) is 0 Å². The van der Waals surface area contributed by atoms with Crippen molar-refractivity contribution in [2.75, 3.05) is 5.75 Å². The molecular weight excluding hydrogens is 298 g/mol. The van der Waals surface area contributed by atoms with Crippen LogP contribution in [0.15, 0.2) is 12.1 Å². The van der Waals surface area contributed by atoms with Crippen molar-refractivity contribution in [3.63, 3.8) is 0 Å². The van der Waals surface area contributed by atoms with Crippen LogP contribution in [0.5, 0.6) is 0 Å². The van der Waals surface area contributed by atoms with Gasteiger partial charge in [0.15, 0.2) is 0 Å². The van der Waals surface area contributed by atoms with E-state index in [9.17, 15) is 0 Å². The first-order valence-electron chi connectivity index (χ1n) is 7.71. The molecule has 21 heavy (non-hydrogen) atoms. The molecule has 0 bridgehead atoms. The molecule has 2 aromatic rings. The Morgan fingerprint density at radius 1 is 1.38 bits per heavy atom. The minimum Gasteiger partial charge on any atom is -0.323 e. The van der Waals surface area contributed by atoms with E-state index >= 15 is 0 Å². The number of fused-ring (bicyclic) bond motifs is 1. The average Bonchev–Trinajstić information content (AvgIpc) is 3.10. The van der Waals surface area contributed by atoms with Crippen molar-refractivity contribution in [2.45, 2.75) is 51.4 Å². The summed E-state index contributed by atoms with van der Waals surface area (Å²) in [6, 6.07) is 4.65. The summed E-state index contributed by atoms with van der Waals surface area (Å²) in [7, 11) is 0. The summed E-state index contributed by atoms with van der Waals surface area (Å²) in [5.74, 6) is 2.41. The quantitative estimate of drug-likeness (QED) is 0.916. The van der Waals surface area contributed by atoms with Crippen molar-refractivity contribution in [3.05, 3.63) is 38.8 Å². The Balaban J connectivity index is 1.78. The topological polar surface area (TPSA) is 43.8 Å². The van der Waals surface area contributed by atoms with E-state index in [1.165, 1.54) is 34.0 Å². The third kappa shape index (κ3) is 3.20. The minimum atomic E-state index is 0.0947. The molecule has 0 aromatic carbocycles. The number of hydrogen-bond donors (Lipinski definition) is 1. The fourth-order valence-corrected chi connectivity index (χ4v) is 5.18. The zero-order valence-corrected chi connectivity index (χ0v) is 14.4. The number of thiophene rings is 1. The summed E-state index contributed by atoms with van der Waals surface area (Å²) in [4.78, 5) is 2.89. The SMILES string of the molecule is CCc1cc(CC(N)c2cc3c(s2)CCSC3)n(CC)n1. The third-order valence-electron chi connectivity index (χ3n) is 4.02. The number of aryl methyl sites for hydroxylation is 3. The number of nitrogens with two attached hydrogens (primary N) is 1. The molecule has 1 aliphatic rings. The van der Waals surface area contributed by atoms with E-state index in [2.05, 4.69) is 35.8 Å². The molecule has 2 N–H and O–H groups in total. The molecule has 0 saturated heterocycles. The summed E-state index contributed by atoms with van der Waals surface area (Å²) in [6.45, 7) is 5.21. The second-order valence-corrected chi connectivity index (χ2v) is 7.78. The molecule has 1 unspecified atom stereocenters. The van der Waals surface area contributed by atoms with Crippen molar-refractivity contribution in [1.82, 2.24) is 9.78 Å². The molecule has 0 spiro atoms. The highest BCUT2D eigenvalue weighted by Gasteiger charge is 2.18. The van der Waals surface area contributed by atoms with Gasteiger partial charge in [0.05, 0.1) is 5.69 Å². The Labute approximate surface area is 134 Å². The number of rotatable bonds is 5. The van der Waals surface area contributed by atoms with Crippen LogP contribution in [0.25, 0.3) is 0 Å². The molecule has 3 nitrogen and oxygen atoms in total. The zero-order valence-electron chi connectivity index (χ0n) is 12.8. The molecule has 3 rings (SSSR count). The van der Waals surface area contributed by atoms with Gasteiger partial charge >= 0.3 is 0 Å². The summed E-state index contributed by atoms with van der Waals surface area (Å²) in [5, 5.41) is 4.62. The fraction of sp³-hybridized carbons (Fsp3) is 0.562. The third-order valence-corrected chi connectivity index (χ3v) is 6.39. The Morgan fingerprint density at radius 2 is 2.24 bits per heavy atom. The van der Waals surface area contributed by atoms with Crippen LogP contribution in [-0.2, 0) is 31.6 Å². The highest BCUT2D eigenvalue weighted by atomic mass is 32.2. The Hall–Kier alpha value is -0.780.